The van der Waals surface area contributed by atoms with Gasteiger partial charge in [0.05, 0.1) is 6.61 Å². The van der Waals surface area contributed by atoms with Crippen molar-refractivity contribution in [1.82, 2.24) is 0 Å². The maximum absolute atomic E-state index is 12.8. The van der Waals surface area contributed by atoms with Gasteiger partial charge in [0.25, 0.3) is 0 Å². The highest BCUT2D eigenvalue weighted by atomic mass is 31.2. The lowest BCUT2D eigenvalue weighted by molar-refractivity contribution is -0.220. The van der Waals surface area contributed by atoms with E-state index in [1.54, 1.807) is 0 Å². The second-order valence-electron chi connectivity index (χ2n) is 17.0. The number of esters is 2. The predicted octanol–water partition coefficient (Wildman–Crippen LogP) is 9.62. The van der Waals surface area contributed by atoms with E-state index in [1.807, 2.05) is 0 Å². The molecule has 0 heterocycles. The Morgan fingerprint density at radius 1 is 0.508 bits per heavy atom. The van der Waals surface area contributed by atoms with E-state index in [1.165, 1.54) is 103 Å². The molecule has 8 atom stereocenters. The molecule has 0 aromatic carbocycles. The van der Waals surface area contributed by atoms with Crippen molar-refractivity contribution in [2.24, 2.45) is 0 Å². The summed E-state index contributed by atoms with van der Waals surface area (Å²) in [4.78, 5) is 35.7. The maximum Gasteiger partial charge on any atom is 0.472 e. The molecule has 0 aromatic heterocycles. The second kappa shape index (κ2) is 37.7. The summed E-state index contributed by atoms with van der Waals surface area (Å²) >= 11 is 0. The van der Waals surface area contributed by atoms with Gasteiger partial charge in [-0.1, -0.05) is 173 Å². The zero-order chi connectivity index (χ0) is 45.0. The molecule has 0 amide bonds. The normalized spacial score (nSPS) is 22.2. The van der Waals surface area contributed by atoms with Crippen molar-refractivity contribution < 1.29 is 63.1 Å². The Bertz CT molecular complexity index is 1170. The fourth-order valence-electron chi connectivity index (χ4n) is 7.38. The monoisotopic (exact) mass is 891 g/mol. The lowest BCUT2D eigenvalue weighted by Gasteiger charge is -2.41. The molecule has 1 aliphatic rings. The van der Waals surface area contributed by atoms with Gasteiger partial charge in [0.1, 0.15) is 43.2 Å². The summed E-state index contributed by atoms with van der Waals surface area (Å²) in [6.45, 7) is 3.28. The minimum absolute atomic E-state index is 0.0993. The Morgan fingerprint density at radius 2 is 0.885 bits per heavy atom. The number of hydrogen-bond donors (Lipinski definition) is 6. The molecule has 0 bridgehead atoms. The van der Waals surface area contributed by atoms with E-state index in [4.69, 9.17) is 18.5 Å². The average Bonchev–Trinajstić information content (AvgIpc) is 3.24. The van der Waals surface area contributed by atoms with Crippen LogP contribution in [0.5, 0.6) is 0 Å². The SMILES string of the molecule is CCCCCC=CCC=CCCCCCCCCCC(=O)OC[C@H](COP(=O)(O)OC1C(O)C(O)C(O)[C@@H](O)C1O)OC(=O)CCCCCCCCCCCCCCCCC. The third kappa shape index (κ3) is 30.2. The van der Waals surface area contributed by atoms with Gasteiger partial charge in [-0.25, -0.2) is 4.57 Å². The van der Waals surface area contributed by atoms with Gasteiger partial charge in [0, 0.05) is 12.8 Å². The van der Waals surface area contributed by atoms with Crippen molar-refractivity contribution in [3.63, 3.8) is 0 Å². The Hall–Kier alpha value is -1.67. The predicted molar refractivity (Wildman–Crippen MR) is 240 cm³/mol. The molecule has 1 aliphatic carbocycles. The van der Waals surface area contributed by atoms with Crippen LogP contribution in [0.1, 0.15) is 206 Å². The lowest BCUT2D eigenvalue weighted by atomic mass is 9.85. The highest BCUT2D eigenvalue weighted by molar-refractivity contribution is 7.47. The van der Waals surface area contributed by atoms with E-state index in [0.717, 1.165) is 64.2 Å². The minimum Gasteiger partial charge on any atom is -0.462 e. The summed E-state index contributed by atoms with van der Waals surface area (Å²) < 4.78 is 33.6. The van der Waals surface area contributed by atoms with E-state index in [9.17, 15) is 44.6 Å². The van der Waals surface area contributed by atoms with E-state index in [2.05, 4.69) is 38.2 Å². The van der Waals surface area contributed by atoms with Crippen LogP contribution in [0.25, 0.3) is 0 Å². The van der Waals surface area contributed by atoms with Crippen LogP contribution in [0.2, 0.25) is 0 Å². The lowest BCUT2D eigenvalue weighted by Crippen LogP contribution is -2.64. The van der Waals surface area contributed by atoms with Crippen molar-refractivity contribution in [2.75, 3.05) is 13.2 Å². The van der Waals surface area contributed by atoms with Crippen LogP contribution in [0.15, 0.2) is 24.3 Å². The molecule has 0 aromatic rings. The zero-order valence-corrected chi connectivity index (χ0v) is 38.9. The maximum atomic E-state index is 12.8. The first kappa shape index (κ1) is 57.3. The Morgan fingerprint density at radius 3 is 1.36 bits per heavy atom. The Labute approximate surface area is 368 Å². The quantitative estimate of drug-likeness (QED) is 0.0147. The Kier molecular flexibility index (Phi) is 35.4. The van der Waals surface area contributed by atoms with Crippen LogP contribution in [-0.4, -0.2) is 98.3 Å². The number of allylic oxidation sites excluding steroid dienone is 4. The van der Waals surface area contributed by atoms with Gasteiger partial charge in [0.2, 0.25) is 0 Å². The molecule has 6 N–H and O–H groups in total. The number of phosphoric ester groups is 1. The molecule has 1 saturated carbocycles. The molecule has 14 heteroatoms. The summed E-state index contributed by atoms with van der Waals surface area (Å²) in [6.07, 6.45) is 27.9. The molecule has 0 spiro atoms. The van der Waals surface area contributed by atoms with Crippen LogP contribution in [0.3, 0.4) is 0 Å². The molecular weight excluding hydrogens is 803 g/mol. The van der Waals surface area contributed by atoms with Crippen LogP contribution in [0, 0.1) is 0 Å². The van der Waals surface area contributed by atoms with Crippen LogP contribution in [0.4, 0.5) is 0 Å². The standard InChI is InChI=1S/C47H87O13P/c1-3-5-7-9-11-13-15-17-19-20-22-23-25-27-29-31-33-35-40(48)57-37-39(38-58-61(55,56)60-47-45(53)43(51)42(50)44(52)46(47)54)59-41(49)36-34-32-30-28-26-24-21-18-16-14-12-10-8-6-4-2/h11,13,17,19,39,42-47,50-54H,3-10,12,14-16,18,20-38H2,1-2H3,(H,55,56)/t39-,42?,43-,44?,45?,46?,47?/m1/s1. The molecular formula is C47H87O13P. The molecule has 1 fully saturated rings. The molecule has 0 saturated heterocycles. The molecule has 1 rings (SSSR count). The molecule has 0 aliphatic heterocycles. The van der Waals surface area contributed by atoms with Crippen molar-refractivity contribution >= 4 is 19.8 Å². The van der Waals surface area contributed by atoms with Crippen molar-refractivity contribution in [3.8, 4) is 0 Å². The van der Waals surface area contributed by atoms with E-state index in [-0.39, 0.29) is 12.8 Å². The van der Waals surface area contributed by atoms with Gasteiger partial charge in [-0.2, -0.15) is 0 Å². The highest BCUT2D eigenvalue weighted by Gasteiger charge is 2.51. The highest BCUT2D eigenvalue weighted by Crippen LogP contribution is 2.47. The van der Waals surface area contributed by atoms with Gasteiger partial charge < -0.3 is 39.9 Å². The third-order valence-corrected chi connectivity index (χ3v) is 12.3. The number of aliphatic hydroxyl groups is 5. The number of carbonyl (C=O) groups excluding carboxylic acids is 2. The summed E-state index contributed by atoms with van der Waals surface area (Å²) in [5, 5.41) is 50.2. The van der Waals surface area contributed by atoms with Gasteiger partial charge in [-0.05, 0) is 44.9 Å². The summed E-state index contributed by atoms with van der Waals surface area (Å²) in [5.41, 5.74) is 0. The number of unbranched alkanes of at least 4 members (excludes halogenated alkanes) is 24. The van der Waals surface area contributed by atoms with Gasteiger partial charge in [0.15, 0.2) is 6.10 Å². The first-order chi connectivity index (χ1) is 29.4. The third-order valence-electron chi connectivity index (χ3n) is 11.3. The van der Waals surface area contributed by atoms with Crippen LogP contribution >= 0.6 is 7.82 Å². The molecule has 6 unspecified atom stereocenters. The summed E-state index contributed by atoms with van der Waals surface area (Å²) in [5.74, 6) is -1.10. The molecule has 61 heavy (non-hydrogen) atoms. The average molecular weight is 891 g/mol. The summed E-state index contributed by atoms with van der Waals surface area (Å²) in [6, 6.07) is 0. The number of hydrogen-bond acceptors (Lipinski definition) is 12. The molecule has 358 valence electrons. The van der Waals surface area contributed by atoms with Crippen molar-refractivity contribution in [3.05, 3.63) is 24.3 Å². The van der Waals surface area contributed by atoms with Crippen molar-refractivity contribution in [1.29, 1.82) is 0 Å². The van der Waals surface area contributed by atoms with Gasteiger partial charge >= 0.3 is 19.8 Å². The second-order valence-corrected chi connectivity index (χ2v) is 18.4. The molecule has 13 nitrogen and oxygen atoms in total. The first-order valence-corrected chi connectivity index (χ1v) is 25.6. The van der Waals surface area contributed by atoms with Crippen LogP contribution < -0.4 is 0 Å². The minimum atomic E-state index is -5.12. The fourth-order valence-corrected chi connectivity index (χ4v) is 8.35. The van der Waals surface area contributed by atoms with Gasteiger partial charge in [-0.15, -0.1) is 0 Å². The van der Waals surface area contributed by atoms with E-state index < -0.39 is 75.7 Å². The molecule has 0 radical (unpaired) electrons. The number of aliphatic hydroxyl groups excluding tert-OH is 5. The Balaban J connectivity index is 2.43. The number of ether oxygens (including phenoxy) is 2. The number of rotatable bonds is 40. The topological polar surface area (TPSA) is 210 Å². The number of carbonyl (C=O) groups is 2. The van der Waals surface area contributed by atoms with E-state index in [0.29, 0.717) is 12.8 Å². The van der Waals surface area contributed by atoms with Gasteiger partial charge in [-0.3, -0.25) is 18.6 Å². The number of phosphoric acid groups is 1. The smallest absolute Gasteiger partial charge is 0.462 e. The largest absolute Gasteiger partial charge is 0.472 e. The first-order valence-electron chi connectivity index (χ1n) is 24.1. The summed E-state index contributed by atoms with van der Waals surface area (Å²) in [7, 11) is -5.12. The fraction of sp³-hybridized carbons (Fsp3) is 0.872. The van der Waals surface area contributed by atoms with Crippen LogP contribution in [-0.2, 0) is 32.7 Å². The van der Waals surface area contributed by atoms with E-state index >= 15 is 0 Å². The zero-order valence-electron chi connectivity index (χ0n) is 38.0. The van der Waals surface area contributed by atoms with Crippen molar-refractivity contribution in [2.45, 2.75) is 249 Å².